The molecule has 5 atom stereocenters. The van der Waals surface area contributed by atoms with E-state index in [4.69, 9.17) is 23.7 Å². The van der Waals surface area contributed by atoms with Crippen molar-refractivity contribution in [3.05, 3.63) is 46.4 Å². The minimum Gasteiger partial charge on any atom is -0.463 e. The van der Waals surface area contributed by atoms with Gasteiger partial charge in [-0.15, -0.1) is 0 Å². The van der Waals surface area contributed by atoms with E-state index < -0.39 is 59.3 Å². The van der Waals surface area contributed by atoms with Crippen molar-refractivity contribution < 1.29 is 47.8 Å². The first kappa shape index (κ1) is 25.7. The standard InChI is InChI=1S/C21H24NO11/c1-10-8-15(22(27)28)6-7-16(10)18-20(31-13(4)25)21(32-14(5)26)19(30-12(3)24)17(33-18)9-29-11(2)23/h6-8,17-21H,1,9H2,2-5H3/t17-,18-,19+,20+,21+/m1/s1. The molecule has 1 saturated heterocycles. The minimum absolute atomic E-state index is 0.185. The van der Waals surface area contributed by atoms with Crippen molar-refractivity contribution in [2.45, 2.75) is 58.2 Å². The van der Waals surface area contributed by atoms with E-state index in [0.29, 0.717) is 0 Å². The van der Waals surface area contributed by atoms with Crippen LogP contribution in [0.15, 0.2) is 18.2 Å². The van der Waals surface area contributed by atoms with Gasteiger partial charge >= 0.3 is 23.9 Å². The Morgan fingerprint density at radius 2 is 1.48 bits per heavy atom. The molecule has 1 aromatic rings. The number of hydrogen-bond donors (Lipinski definition) is 0. The Bertz CT molecular complexity index is 944. The molecule has 1 aliphatic heterocycles. The molecular weight excluding hydrogens is 442 g/mol. The predicted octanol–water partition coefficient (Wildman–Crippen LogP) is 1.58. The third kappa shape index (κ3) is 6.72. The Balaban J connectivity index is 2.60. The highest BCUT2D eigenvalue weighted by molar-refractivity contribution is 5.69. The predicted molar refractivity (Wildman–Crippen MR) is 108 cm³/mol. The van der Waals surface area contributed by atoms with E-state index in [1.165, 1.54) is 18.2 Å². The van der Waals surface area contributed by atoms with Gasteiger partial charge in [-0.25, -0.2) is 0 Å². The molecule has 0 aromatic heterocycles. The number of carbonyl (C=O) groups excluding carboxylic acids is 4. The van der Waals surface area contributed by atoms with Crippen molar-refractivity contribution >= 4 is 29.6 Å². The number of nitro groups is 1. The van der Waals surface area contributed by atoms with Crippen LogP contribution in [0.4, 0.5) is 5.69 Å². The monoisotopic (exact) mass is 466 g/mol. The molecule has 33 heavy (non-hydrogen) atoms. The molecule has 0 bridgehead atoms. The van der Waals surface area contributed by atoms with Gasteiger partial charge in [-0.05, 0) is 24.1 Å². The first-order valence-electron chi connectivity index (χ1n) is 9.81. The molecule has 1 radical (unpaired) electrons. The van der Waals surface area contributed by atoms with E-state index in [9.17, 15) is 29.3 Å². The fourth-order valence-electron chi connectivity index (χ4n) is 3.46. The smallest absolute Gasteiger partial charge is 0.303 e. The summed E-state index contributed by atoms with van der Waals surface area (Å²) in [7, 11) is 0. The van der Waals surface area contributed by atoms with Gasteiger partial charge in [-0.1, -0.05) is 0 Å². The summed E-state index contributed by atoms with van der Waals surface area (Å²) in [6.07, 6.45) is -6.24. The molecule has 12 heteroatoms. The van der Waals surface area contributed by atoms with Crippen LogP contribution in [0.25, 0.3) is 0 Å². The maximum absolute atomic E-state index is 11.9. The Morgan fingerprint density at radius 1 is 0.939 bits per heavy atom. The van der Waals surface area contributed by atoms with Crippen LogP contribution >= 0.6 is 0 Å². The van der Waals surface area contributed by atoms with Crippen molar-refractivity contribution in [3.63, 3.8) is 0 Å². The zero-order chi connectivity index (χ0) is 24.9. The lowest BCUT2D eigenvalue weighted by atomic mass is 9.88. The van der Waals surface area contributed by atoms with Crippen LogP contribution in [0.1, 0.15) is 44.9 Å². The summed E-state index contributed by atoms with van der Waals surface area (Å²) in [5.74, 6) is -2.91. The quantitative estimate of drug-likeness (QED) is 0.248. The van der Waals surface area contributed by atoms with Crippen molar-refractivity contribution in [3.8, 4) is 0 Å². The second-order valence-electron chi connectivity index (χ2n) is 7.26. The van der Waals surface area contributed by atoms with Gasteiger partial charge in [-0.3, -0.25) is 29.3 Å². The average Bonchev–Trinajstić information content (AvgIpc) is 2.68. The lowest BCUT2D eigenvalue weighted by Gasteiger charge is -2.44. The lowest BCUT2D eigenvalue weighted by Crippen LogP contribution is -2.59. The molecule has 2 rings (SSSR count). The van der Waals surface area contributed by atoms with Crippen LogP contribution in [-0.4, -0.2) is 59.8 Å². The van der Waals surface area contributed by atoms with E-state index >= 15 is 0 Å². The molecule has 0 spiro atoms. The van der Waals surface area contributed by atoms with Crippen LogP contribution in [0, 0.1) is 17.0 Å². The lowest BCUT2D eigenvalue weighted by molar-refractivity contribution is -0.384. The summed E-state index contributed by atoms with van der Waals surface area (Å²) >= 11 is 0. The summed E-state index contributed by atoms with van der Waals surface area (Å²) in [5.41, 5.74) is 0.248. The zero-order valence-corrected chi connectivity index (χ0v) is 18.5. The third-order valence-electron chi connectivity index (χ3n) is 4.63. The first-order valence-corrected chi connectivity index (χ1v) is 9.81. The fourth-order valence-corrected chi connectivity index (χ4v) is 3.46. The number of benzene rings is 1. The maximum atomic E-state index is 11.9. The molecule has 1 heterocycles. The van der Waals surface area contributed by atoms with E-state index in [0.717, 1.165) is 27.7 Å². The molecule has 0 unspecified atom stereocenters. The topological polar surface area (TPSA) is 158 Å². The van der Waals surface area contributed by atoms with Crippen molar-refractivity contribution in [2.75, 3.05) is 6.61 Å². The minimum atomic E-state index is -1.34. The van der Waals surface area contributed by atoms with Crippen LogP contribution in [0.3, 0.4) is 0 Å². The third-order valence-corrected chi connectivity index (χ3v) is 4.63. The number of ether oxygens (including phenoxy) is 5. The molecule has 12 nitrogen and oxygen atoms in total. The number of carbonyl (C=O) groups is 4. The van der Waals surface area contributed by atoms with Gasteiger partial charge in [-0.2, -0.15) is 0 Å². The Kier molecular flexibility index (Phi) is 8.46. The summed E-state index contributed by atoms with van der Waals surface area (Å²) < 4.78 is 27.1. The summed E-state index contributed by atoms with van der Waals surface area (Å²) in [6, 6.07) is 3.77. The molecular formula is C21H24NO11. The van der Waals surface area contributed by atoms with E-state index in [-0.39, 0.29) is 23.4 Å². The summed E-state index contributed by atoms with van der Waals surface area (Å²) in [4.78, 5) is 57.4. The van der Waals surface area contributed by atoms with Gasteiger partial charge in [0.05, 0.1) is 4.92 Å². The van der Waals surface area contributed by atoms with Gasteiger partial charge in [0, 0.05) is 39.8 Å². The van der Waals surface area contributed by atoms with Crippen molar-refractivity contribution in [1.29, 1.82) is 0 Å². The Labute approximate surface area is 189 Å². The van der Waals surface area contributed by atoms with Gasteiger partial charge in [0.1, 0.15) is 18.8 Å². The number of hydrogen-bond acceptors (Lipinski definition) is 11. The molecule has 0 amide bonds. The second kappa shape index (κ2) is 10.9. The first-order chi connectivity index (χ1) is 15.4. The van der Waals surface area contributed by atoms with Crippen molar-refractivity contribution in [1.82, 2.24) is 0 Å². The number of esters is 4. The fraction of sp³-hybridized carbons (Fsp3) is 0.476. The molecule has 0 saturated carbocycles. The van der Waals surface area contributed by atoms with Gasteiger partial charge in [0.25, 0.3) is 5.69 Å². The maximum Gasteiger partial charge on any atom is 0.303 e. The van der Waals surface area contributed by atoms with E-state index in [1.807, 2.05) is 0 Å². The SMILES string of the molecule is [CH2]c1cc([N+](=O)[O-])ccc1[C@H]1O[C@H](COC(C)=O)[C@H](OC(C)=O)[C@H](OC(C)=O)[C@H]1OC(C)=O. The van der Waals surface area contributed by atoms with E-state index in [1.54, 1.807) is 0 Å². The molecule has 0 aliphatic carbocycles. The van der Waals surface area contributed by atoms with Crippen LogP contribution in [-0.2, 0) is 42.9 Å². The molecule has 0 N–H and O–H groups in total. The largest absolute Gasteiger partial charge is 0.463 e. The molecule has 179 valence electrons. The van der Waals surface area contributed by atoms with Crippen LogP contribution in [0.5, 0.6) is 0 Å². The number of non-ortho nitro benzene ring substituents is 1. The average molecular weight is 466 g/mol. The highest BCUT2D eigenvalue weighted by Crippen LogP contribution is 2.39. The zero-order valence-electron chi connectivity index (χ0n) is 18.5. The van der Waals surface area contributed by atoms with Crippen LogP contribution < -0.4 is 0 Å². The summed E-state index contributed by atoms with van der Waals surface area (Å²) in [6.45, 7) is 7.93. The second-order valence-corrected chi connectivity index (χ2v) is 7.26. The van der Waals surface area contributed by atoms with Gasteiger partial charge in [0.15, 0.2) is 18.3 Å². The molecule has 1 fully saturated rings. The van der Waals surface area contributed by atoms with E-state index in [2.05, 4.69) is 6.92 Å². The summed E-state index contributed by atoms with van der Waals surface area (Å²) in [5, 5.41) is 11.1. The number of nitrogens with zero attached hydrogens (tertiary/aromatic N) is 1. The van der Waals surface area contributed by atoms with Gasteiger partial charge in [0.2, 0.25) is 0 Å². The van der Waals surface area contributed by atoms with Gasteiger partial charge < -0.3 is 23.7 Å². The highest BCUT2D eigenvalue weighted by atomic mass is 16.7. The van der Waals surface area contributed by atoms with Crippen LogP contribution in [0.2, 0.25) is 0 Å². The normalized spacial score (nSPS) is 24.3. The molecule has 1 aromatic carbocycles. The molecule has 1 aliphatic rings. The highest BCUT2D eigenvalue weighted by Gasteiger charge is 2.52. The number of nitro benzene ring substituents is 1. The Morgan fingerprint density at radius 3 is 1.97 bits per heavy atom. The number of rotatable bonds is 7. The Hall–Kier alpha value is -3.54. The van der Waals surface area contributed by atoms with Crippen molar-refractivity contribution in [2.24, 2.45) is 0 Å².